The van der Waals surface area contributed by atoms with Crippen LogP contribution in [-0.4, -0.2) is 22.9 Å². The molecule has 0 amide bonds. The van der Waals surface area contributed by atoms with Gasteiger partial charge in [-0.2, -0.15) is 0 Å². The van der Waals surface area contributed by atoms with E-state index in [2.05, 4.69) is 0 Å². The summed E-state index contributed by atoms with van der Waals surface area (Å²) >= 11 is 0. The molecule has 0 bridgehead atoms. The molecule has 0 spiro atoms. The van der Waals surface area contributed by atoms with Gasteiger partial charge in [0.05, 0.1) is 6.10 Å². The minimum absolute atomic E-state index is 0.0709. The van der Waals surface area contributed by atoms with Crippen LogP contribution in [0.1, 0.15) is 18.1 Å². The van der Waals surface area contributed by atoms with Crippen molar-refractivity contribution in [3.63, 3.8) is 0 Å². The standard InChI is InChI=1S/C10H15FN2O2/c11-6-2-1-3-7(13)9(6)10(15)8(14)4-5-12/h1-3,8,10,14-15H,4-5,12-13H2. The van der Waals surface area contributed by atoms with Gasteiger partial charge in [0.2, 0.25) is 0 Å². The van der Waals surface area contributed by atoms with Crippen molar-refractivity contribution in [3.8, 4) is 0 Å². The largest absolute Gasteiger partial charge is 0.398 e. The summed E-state index contributed by atoms with van der Waals surface area (Å²) in [5, 5.41) is 19.1. The molecule has 1 rings (SSSR count). The van der Waals surface area contributed by atoms with Gasteiger partial charge in [0.25, 0.3) is 0 Å². The van der Waals surface area contributed by atoms with Crippen molar-refractivity contribution < 1.29 is 14.6 Å². The molecule has 0 aliphatic carbocycles. The maximum Gasteiger partial charge on any atom is 0.131 e. The molecule has 0 aromatic heterocycles. The second kappa shape index (κ2) is 5.06. The molecule has 1 aromatic carbocycles. The van der Waals surface area contributed by atoms with Gasteiger partial charge in [0.15, 0.2) is 0 Å². The van der Waals surface area contributed by atoms with Gasteiger partial charge in [-0.25, -0.2) is 4.39 Å². The molecule has 5 heteroatoms. The Bertz CT molecular complexity index is 313. The van der Waals surface area contributed by atoms with Crippen molar-refractivity contribution in [1.29, 1.82) is 0 Å². The molecule has 2 unspecified atom stereocenters. The number of rotatable bonds is 4. The topological polar surface area (TPSA) is 92.5 Å². The first-order valence-corrected chi connectivity index (χ1v) is 4.68. The Labute approximate surface area is 87.3 Å². The summed E-state index contributed by atoms with van der Waals surface area (Å²) < 4.78 is 13.3. The number of aliphatic hydroxyl groups is 2. The molecule has 0 saturated carbocycles. The average Bonchev–Trinajstić information content (AvgIpc) is 2.17. The molecule has 84 valence electrons. The van der Waals surface area contributed by atoms with E-state index in [-0.39, 0.29) is 24.2 Å². The molecule has 0 radical (unpaired) electrons. The van der Waals surface area contributed by atoms with Crippen molar-refractivity contribution in [1.82, 2.24) is 0 Å². The lowest BCUT2D eigenvalue weighted by Gasteiger charge is -2.19. The summed E-state index contributed by atoms with van der Waals surface area (Å²) in [5.41, 5.74) is 10.8. The number of nitrogen functional groups attached to an aromatic ring is 1. The first kappa shape index (κ1) is 11.9. The van der Waals surface area contributed by atoms with Gasteiger partial charge in [-0.05, 0) is 25.1 Å². The quantitative estimate of drug-likeness (QED) is 0.537. The van der Waals surface area contributed by atoms with Crippen molar-refractivity contribution in [2.75, 3.05) is 12.3 Å². The second-order valence-electron chi connectivity index (χ2n) is 3.33. The monoisotopic (exact) mass is 214 g/mol. The van der Waals surface area contributed by atoms with Gasteiger partial charge in [-0.3, -0.25) is 0 Å². The van der Waals surface area contributed by atoms with Crippen LogP contribution in [0.25, 0.3) is 0 Å². The lowest BCUT2D eigenvalue weighted by Crippen LogP contribution is -2.23. The number of hydrogen-bond acceptors (Lipinski definition) is 4. The maximum absolute atomic E-state index is 13.3. The lowest BCUT2D eigenvalue weighted by molar-refractivity contribution is 0.0134. The highest BCUT2D eigenvalue weighted by atomic mass is 19.1. The zero-order valence-electron chi connectivity index (χ0n) is 8.23. The third-order valence-corrected chi connectivity index (χ3v) is 2.21. The Kier molecular flexibility index (Phi) is 4.02. The van der Waals surface area contributed by atoms with Crippen LogP contribution in [-0.2, 0) is 0 Å². The summed E-state index contributed by atoms with van der Waals surface area (Å²) in [7, 11) is 0. The Morgan fingerprint density at radius 1 is 1.33 bits per heavy atom. The van der Waals surface area contributed by atoms with Gasteiger partial charge >= 0.3 is 0 Å². The van der Waals surface area contributed by atoms with E-state index in [1.807, 2.05) is 0 Å². The fourth-order valence-corrected chi connectivity index (χ4v) is 1.39. The Hall–Kier alpha value is -1.17. The molecule has 6 N–H and O–H groups in total. The molecule has 0 saturated heterocycles. The minimum atomic E-state index is -1.34. The molecular formula is C10H15FN2O2. The van der Waals surface area contributed by atoms with E-state index < -0.39 is 18.0 Å². The molecule has 0 aliphatic heterocycles. The van der Waals surface area contributed by atoms with Crippen molar-refractivity contribution in [3.05, 3.63) is 29.6 Å². The zero-order valence-corrected chi connectivity index (χ0v) is 8.23. The molecule has 0 fully saturated rings. The Morgan fingerprint density at radius 2 is 2.00 bits per heavy atom. The molecule has 0 aliphatic rings. The highest BCUT2D eigenvalue weighted by molar-refractivity contribution is 5.48. The van der Waals surface area contributed by atoms with Crippen LogP contribution in [0, 0.1) is 5.82 Å². The van der Waals surface area contributed by atoms with Crippen LogP contribution >= 0.6 is 0 Å². The highest BCUT2D eigenvalue weighted by Crippen LogP contribution is 2.26. The average molecular weight is 214 g/mol. The van der Waals surface area contributed by atoms with E-state index >= 15 is 0 Å². The third-order valence-electron chi connectivity index (χ3n) is 2.21. The summed E-state index contributed by atoms with van der Waals surface area (Å²) in [4.78, 5) is 0. The lowest BCUT2D eigenvalue weighted by atomic mass is 10.00. The summed E-state index contributed by atoms with van der Waals surface area (Å²) in [5.74, 6) is -0.626. The van der Waals surface area contributed by atoms with Gasteiger partial charge in [0, 0.05) is 11.3 Å². The van der Waals surface area contributed by atoms with Gasteiger partial charge in [-0.15, -0.1) is 0 Å². The molecule has 15 heavy (non-hydrogen) atoms. The Morgan fingerprint density at radius 3 is 2.53 bits per heavy atom. The maximum atomic E-state index is 13.3. The van der Waals surface area contributed by atoms with Crippen LogP contribution in [0.5, 0.6) is 0 Å². The molecule has 2 atom stereocenters. The molecule has 4 nitrogen and oxygen atoms in total. The van der Waals surface area contributed by atoms with Crippen LogP contribution in [0.3, 0.4) is 0 Å². The molecular weight excluding hydrogens is 199 g/mol. The normalized spacial score (nSPS) is 14.9. The molecule has 1 aromatic rings. The first-order chi connectivity index (χ1) is 7.07. The van der Waals surface area contributed by atoms with Gasteiger partial charge in [-0.1, -0.05) is 6.07 Å². The highest BCUT2D eigenvalue weighted by Gasteiger charge is 2.22. The van der Waals surface area contributed by atoms with E-state index in [9.17, 15) is 14.6 Å². The predicted octanol–water partition coefficient (Wildman–Crippen LogP) is 0.151. The fourth-order valence-electron chi connectivity index (χ4n) is 1.39. The number of aliphatic hydroxyl groups excluding tert-OH is 2. The minimum Gasteiger partial charge on any atom is -0.398 e. The number of benzene rings is 1. The number of nitrogens with two attached hydrogens (primary N) is 2. The van der Waals surface area contributed by atoms with Crippen molar-refractivity contribution in [2.45, 2.75) is 18.6 Å². The summed E-state index contributed by atoms with van der Waals surface area (Å²) in [6.45, 7) is 0.215. The van der Waals surface area contributed by atoms with Crippen LogP contribution in [0.2, 0.25) is 0 Å². The van der Waals surface area contributed by atoms with E-state index in [1.54, 1.807) is 0 Å². The zero-order chi connectivity index (χ0) is 11.4. The number of anilines is 1. The summed E-state index contributed by atoms with van der Waals surface area (Å²) in [6, 6.07) is 4.09. The second-order valence-corrected chi connectivity index (χ2v) is 3.33. The van der Waals surface area contributed by atoms with E-state index in [0.29, 0.717) is 0 Å². The third kappa shape index (κ3) is 2.65. The van der Waals surface area contributed by atoms with Crippen LogP contribution in [0.4, 0.5) is 10.1 Å². The smallest absolute Gasteiger partial charge is 0.131 e. The Balaban J connectivity index is 2.94. The van der Waals surface area contributed by atoms with Crippen LogP contribution in [0.15, 0.2) is 18.2 Å². The SMILES string of the molecule is NCCC(O)C(O)c1c(N)cccc1F. The fraction of sp³-hybridized carbons (Fsp3) is 0.400. The van der Waals surface area contributed by atoms with Gasteiger partial charge < -0.3 is 21.7 Å². The van der Waals surface area contributed by atoms with E-state index in [0.717, 1.165) is 0 Å². The molecule has 0 heterocycles. The van der Waals surface area contributed by atoms with Crippen molar-refractivity contribution >= 4 is 5.69 Å². The first-order valence-electron chi connectivity index (χ1n) is 4.68. The summed E-state index contributed by atoms with van der Waals surface area (Å²) in [6.07, 6.45) is -2.25. The number of hydrogen-bond donors (Lipinski definition) is 4. The van der Waals surface area contributed by atoms with Crippen LogP contribution < -0.4 is 11.5 Å². The van der Waals surface area contributed by atoms with Crippen molar-refractivity contribution in [2.24, 2.45) is 5.73 Å². The van der Waals surface area contributed by atoms with E-state index in [4.69, 9.17) is 11.5 Å². The van der Waals surface area contributed by atoms with Gasteiger partial charge in [0.1, 0.15) is 11.9 Å². The predicted molar refractivity (Wildman–Crippen MR) is 55.5 cm³/mol. The van der Waals surface area contributed by atoms with E-state index in [1.165, 1.54) is 18.2 Å². The number of halogens is 1.